The van der Waals surface area contributed by atoms with E-state index in [0.717, 1.165) is 0 Å². The minimum atomic E-state index is -3.43. The summed E-state index contributed by atoms with van der Waals surface area (Å²) in [5.41, 5.74) is 2.16. The molecule has 142 valence electrons. The fourth-order valence-corrected chi connectivity index (χ4v) is 4.81. The third-order valence-corrected chi connectivity index (χ3v) is 6.92. The van der Waals surface area contributed by atoms with Gasteiger partial charge in [0.25, 0.3) is 5.92 Å². The van der Waals surface area contributed by atoms with Gasteiger partial charge in [0.1, 0.15) is 11.2 Å². The van der Waals surface area contributed by atoms with Gasteiger partial charge in [-0.05, 0) is 35.2 Å². The first-order valence-corrected chi connectivity index (χ1v) is 9.87. The van der Waals surface area contributed by atoms with Crippen molar-refractivity contribution in [1.82, 2.24) is 4.98 Å². The molecule has 2 aliphatic rings. The van der Waals surface area contributed by atoms with E-state index in [1.165, 1.54) is 21.7 Å². The lowest BCUT2D eigenvalue weighted by molar-refractivity contribution is 0.101. The number of pyridine rings is 1. The Kier molecular flexibility index (Phi) is 4.01. The van der Waals surface area contributed by atoms with Crippen molar-refractivity contribution in [2.45, 2.75) is 12.3 Å². The molecule has 2 heterocycles. The molecule has 0 amide bonds. The van der Waals surface area contributed by atoms with Crippen LogP contribution in [-0.4, -0.2) is 33.6 Å². The predicted molar refractivity (Wildman–Crippen MR) is 101 cm³/mol. The van der Waals surface area contributed by atoms with Crippen molar-refractivity contribution in [2.24, 2.45) is 5.92 Å². The molecule has 6 nitrogen and oxygen atoms in total. The van der Waals surface area contributed by atoms with Gasteiger partial charge in [0.05, 0.1) is 22.6 Å². The number of nitrogens with zero attached hydrogens (tertiary/aromatic N) is 4. The van der Waals surface area contributed by atoms with Crippen LogP contribution in [0.15, 0.2) is 30.3 Å². The lowest BCUT2D eigenvalue weighted by Gasteiger charge is -2.42. The number of halogens is 3. The van der Waals surface area contributed by atoms with Crippen molar-refractivity contribution >= 4 is 33.9 Å². The van der Waals surface area contributed by atoms with E-state index in [-0.39, 0.29) is 18.1 Å². The first kappa shape index (κ1) is 18.3. The van der Waals surface area contributed by atoms with Crippen LogP contribution < -0.4 is 8.61 Å². The lowest BCUT2D eigenvalue weighted by atomic mass is 10.0. The molecule has 1 aliphatic heterocycles. The normalized spacial score (nSPS) is 22.9. The van der Waals surface area contributed by atoms with Crippen LogP contribution in [0.2, 0.25) is 5.15 Å². The average molecular weight is 413 g/mol. The number of nitriles is 1. The van der Waals surface area contributed by atoms with Crippen molar-refractivity contribution < 1.29 is 17.9 Å². The third kappa shape index (κ3) is 2.89. The second kappa shape index (κ2) is 5.94. The van der Waals surface area contributed by atoms with Crippen LogP contribution in [0.5, 0.6) is 0 Å². The monoisotopic (exact) mass is 412 g/mol. The number of hydrogen-bond donors (Lipinski definition) is 2. The second-order valence-corrected chi connectivity index (χ2v) is 8.91. The van der Waals surface area contributed by atoms with Gasteiger partial charge in [-0.3, -0.25) is 17.7 Å². The summed E-state index contributed by atoms with van der Waals surface area (Å²) in [4.78, 5) is 4.19. The Balaban J connectivity index is 1.76. The highest BCUT2D eigenvalue weighted by atomic mass is 35.5. The molecule has 1 aromatic carbocycles. The van der Waals surface area contributed by atoms with E-state index in [1.54, 1.807) is 24.3 Å². The van der Waals surface area contributed by atoms with E-state index in [0.29, 0.717) is 28.2 Å². The summed E-state index contributed by atoms with van der Waals surface area (Å²) in [6, 6.07) is 10.0. The highest BCUT2D eigenvalue weighted by Gasteiger charge is 2.59. The van der Waals surface area contributed by atoms with Gasteiger partial charge in [0.2, 0.25) is 0 Å². The number of benzene rings is 1. The van der Waals surface area contributed by atoms with E-state index in [9.17, 15) is 23.1 Å². The van der Waals surface area contributed by atoms with Crippen LogP contribution in [0.4, 0.5) is 20.2 Å². The quantitative estimate of drug-likeness (QED) is 0.707. The topological polar surface area (TPSA) is 83.6 Å². The molecule has 1 atom stereocenters. The molecule has 2 N–H and O–H groups in total. The Morgan fingerprint density at radius 2 is 2.04 bits per heavy atom. The van der Waals surface area contributed by atoms with Crippen LogP contribution >= 0.6 is 22.6 Å². The summed E-state index contributed by atoms with van der Waals surface area (Å²) in [7, 11) is -1.95. The van der Waals surface area contributed by atoms with E-state index >= 15 is 0 Å². The largest absolute Gasteiger partial charge is 0.264 e. The number of aromatic nitrogens is 1. The average Bonchev–Trinajstić information content (AvgIpc) is 3.19. The fourth-order valence-electron chi connectivity index (χ4n) is 3.16. The number of alkyl halides is 2. The number of anilines is 2. The van der Waals surface area contributed by atoms with Crippen molar-refractivity contribution in [1.29, 1.82) is 5.26 Å². The van der Waals surface area contributed by atoms with Crippen LogP contribution in [0.1, 0.15) is 12.0 Å². The molecule has 1 saturated carbocycles. The highest BCUT2D eigenvalue weighted by molar-refractivity contribution is 8.26. The number of hydrogen-bond acceptors (Lipinski definition) is 6. The smallest absolute Gasteiger partial charge is 0.253 e. The molecule has 4 rings (SSSR count). The van der Waals surface area contributed by atoms with E-state index in [2.05, 4.69) is 4.98 Å². The van der Waals surface area contributed by atoms with Crippen molar-refractivity contribution in [3.63, 3.8) is 0 Å². The first-order chi connectivity index (χ1) is 12.6. The molecular weight excluding hydrogens is 398 g/mol. The predicted octanol–water partition coefficient (Wildman–Crippen LogP) is 4.77. The molecule has 1 fully saturated rings. The summed E-state index contributed by atoms with van der Waals surface area (Å²) in [5, 5.41) is 9.52. The van der Waals surface area contributed by atoms with Gasteiger partial charge in [0, 0.05) is 31.5 Å². The maximum atomic E-state index is 13.3. The zero-order valence-corrected chi connectivity index (χ0v) is 15.7. The zero-order chi connectivity index (χ0) is 19.6. The summed E-state index contributed by atoms with van der Waals surface area (Å²) < 4.78 is 50.3. The molecule has 0 bridgehead atoms. The van der Waals surface area contributed by atoms with Gasteiger partial charge in [-0.1, -0.05) is 17.7 Å². The highest BCUT2D eigenvalue weighted by Crippen LogP contribution is 2.63. The van der Waals surface area contributed by atoms with E-state index in [4.69, 9.17) is 11.6 Å². The van der Waals surface area contributed by atoms with Crippen LogP contribution in [0.25, 0.3) is 11.3 Å². The molecule has 1 aromatic heterocycles. The Morgan fingerprint density at radius 3 is 2.67 bits per heavy atom. The van der Waals surface area contributed by atoms with Crippen molar-refractivity contribution in [2.75, 3.05) is 22.2 Å². The molecule has 1 aliphatic carbocycles. The Hall–Kier alpha value is -2.12. The molecule has 27 heavy (non-hydrogen) atoms. The molecular formula is C17H15ClF2N4O2S. The van der Waals surface area contributed by atoms with E-state index < -0.39 is 22.8 Å². The van der Waals surface area contributed by atoms with Gasteiger partial charge in [-0.2, -0.15) is 5.26 Å². The zero-order valence-electron chi connectivity index (χ0n) is 14.1. The minimum absolute atomic E-state index is 0.148. The summed E-state index contributed by atoms with van der Waals surface area (Å²) in [5.74, 6) is -3.66. The van der Waals surface area contributed by atoms with Gasteiger partial charge in [0.15, 0.2) is 0 Å². The lowest BCUT2D eigenvalue weighted by Crippen LogP contribution is -2.33. The van der Waals surface area contributed by atoms with Crippen molar-refractivity contribution in [3.8, 4) is 17.3 Å². The standard InChI is InChI=1S/C17H15ClF2N4O2S/c1-23-14-6-10(16-11(8-21)3-5-15(18)22-16)2-4-13(14)24(27(23,25)26)9-12-7-17(12,19)20/h2-6,12,25-26H,7,9H2,1H3. The number of fused-ring (bicyclic) bond motifs is 1. The molecule has 0 spiro atoms. The minimum Gasteiger partial charge on any atom is -0.264 e. The van der Waals surface area contributed by atoms with E-state index in [1.807, 2.05) is 6.07 Å². The van der Waals surface area contributed by atoms with Gasteiger partial charge >= 0.3 is 0 Å². The Bertz CT molecular complexity index is 982. The maximum absolute atomic E-state index is 13.3. The second-order valence-electron chi connectivity index (χ2n) is 6.56. The maximum Gasteiger partial charge on any atom is 0.253 e. The van der Waals surface area contributed by atoms with Crippen molar-refractivity contribution in [3.05, 3.63) is 41.0 Å². The molecule has 10 heteroatoms. The molecule has 2 aromatic rings. The molecule has 0 radical (unpaired) electrons. The molecule has 1 unspecified atom stereocenters. The molecule has 0 saturated heterocycles. The van der Waals surface area contributed by atoms with Crippen LogP contribution in [0.3, 0.4) is 0 Å². The van der Waals surface area contributed by atoms with Crippen LogP contribution in [0, 0.1) is 17.2 Å². The van der Waals surface area contributed by atoms with Gasteiger partial charge in [-0.15, -0.1) is 0 Å². The van der Waals surface area contributed by atoms with Crippen LogP contribution in [-0.2, 0) is 0 Å². The summed E-state index contributed by atoms with van der Waals surface area (Å²) in [6.07, 6.45) is -0.256. The summed E-state index contributed by atoms with van der Waals surface area (Å²) in [6.45, 7) is -0.148. The summed E-state index contributed by atoms with van der Waals surface area (Å²) >= 11 is 5.94. The SMILES string of the molecule is CN1c2cc(-c3nc(Cl)ccc3C#N)ccc2N(CC2CC2(F)F)S1(O)O. The van der Waals surface area contributed by atoms with Gasteiger partial charge in [-0.25, -0.2) is 13.8 Å². The van der Waals surface area contributed by atoms with Gasteiger partial charge < -0.3 is 0 Å². The Labute approximate surface area is 161 Å². The Morgan fingerprint density at radius 1 is 1.33 bits per heavy atom. The number of rotatable bonds is 3. The third-order valence-electron chi connectivity index (χ3n) is 4.84. The fraction of sp³-hybridized carbons (Fsp3) is 0.294. The first-order valence-electron chi connectivity index (χ1n) is 8.04.